The van der Waals surface area contributed by atoms with Crippen molar-refractivity contribution >= 4 is 51.1 Å². The van der Waals surface area contributed by atoms with E-state index < -0.39 is 5.60 Å². The van der Waals surface area contributed by atoms with Gasteiger partial charge in [-0.15, -0.1) is 0 Å². The van der Waals surface area contributed by atoms with Gasteiger partial charge in [0, 0.05) is 86.8 Å². The van der Waals surface area contributed by atoms with Gasteiger partial charge in [0.1, 0.15) is 17.3 Å². The number of nitrogens with one attached hydrogen (secondary N) is 2. The molecule has 5 aromatic rings. The van der Waals surface area contributed by atoms with Crippen LogP contribution in [0.1, 0.15) is 104 Å². The van der Waals surface area contributed by atoms with Gasteiger partial charge in [-0.2, -0.15) is 5.10 Å². The van der Waals surface area contributed by atoms with Crippen molar-refractivity contribution in [2.45, 2.75) is 102 Å². The summed E-state index contributed by atoms with van der Waals surface area (Å²) in [5.74, 6) is -1.15. The molecular weight excluding hydrogens is 735 g/mol. The molecule has 58 heavy (non-hydrogen) atoms. The van der Waals surface area contributed by atoms with Gasteiger partial charge in [0.25, 0.3) is 5.91 Å². The molecule has 0 spiro atoms. The molecule has 1 aliphatic carbocycles. The lowest BCUT2D eigenvalue weighted by Gasteiger charge is -2.46. The van der Waals surface area contributed by atoms with Crippen LogP contribution in [0.25, 0.3) is 22.0 Å². The number of fused-ring (bicyclic) bond motifs is 2. The van der Waals surface area contributed by atoms with Crippen molar-refractivity contribution < 1.29 is 23.9 Å². The summed E-state index contributed by atoms with van der Waals surface area (Å²) in [6.07, 6.45) is 12.7. The maximum atomic E-state index is 13.4. The zero-order chi connectivity index (χ0) is 40.1. The molecule has 304 valence electrons. The van der Waals surface area contributed by atoms with Crippen molar-refractivity contribution in [3.63, 3.8) is 0 Å². The number of piperidine rings is 2. The van der Waals surface area contributed by atoms with Crippen LogP contribution in [0, 0.1) is 6.92 Å². The Morgan fingerprint density at radius 1 is 0.914 bits per heavy atom. The average Bonchev–Trinajstić information content (AvgIpc) is 3.85. The summed E-state index contributed by atoms with van der Waals surface area (Å²) in [5, 5.41) is 22.5. The molecule has 3 saturated heterocycles. The number of carbonyl (C=O) groups is 3. The Balaban J connectivity index is 0.771. The number of aromatic nitrogens is 4. The van der Waals surface area contributed by atoms with Crippen molar-refractivity contribution in [1.82, 2.24) is 34.9 Å². The molecule has 1 unspecified atom stereocenters. The van der Waals surface area contributed by atoms with E-state index in [0.717, 1.165) is 106 Å². The Hall–Kier alpha value is -5.18. The highest BCUT2D eigenvalue weighted by Crippen LogP contribution is 2.37. The van der Waals surface area contributed by atoms with E-state index in [2.05, 4.69) is 47.3 Å². The minimum absolute atomic E-state index is 0.202. The third-order valence-corrected chi connectivity index (χ3v) is 13.0. The summed E-state index contributed by atoms with van der Waals surface area (Å²) in [5.41, 5.74) is 4.94. The number of anilines is 2. The van der Waals surface area contributed by atoms with E-state index in [1.54, 1.807) is 32.2 Å². The average molecular weight is 788 g/mol. The number of hydrogen-bond donors (Lipinski definition) is 3. The zero-order valence-electron chi connectivity index (χ0n) is 33.6. The van der Waals surface area contributed by atoms with Gasteiger partial charge >= 0.3 is 0 Å². The van der Waals surface area contributed by atoms with Crippen LogP contribution in [0.2, 0.25) is 0 Å². The van der Waals surface area contributed by atoms with Crippen LogP contribution >= 0.6 is 0 Å². The zero-order valence-corrected chi connectivity index (χ0v) is 33.6. The van der Waals surface area contributed by atoms with Gasteiger partial charge in [-0.1, -0.05) is 0 Å². The molecule has 3 amide bonds. The lowest BCUT2D eigenvalue weighted by atomic mass is 9.89. The van der Waals surface area contributed by atoms with Crippen molar-refractivity contribution in [3.8, 4) is 0 Å². The molecule has 4 fully saturated rings. The number of rotatable bonds is 8. The number of amides is 3. The number of furan rings is 1. The van der Waals surface area contributed by atoms with E-state index in [4.69, 9.17) is 14.5 Å². The van der Waals surface area contributed by atoms with E-state index in [0.29, 0.717) is 58.9 Å². The Labute approximate surface area is 338 Å². The quantitative estimate of drug-likeness (QED) is 0.167. The second-order valence-electron chi connectivity index (χ2n) is 17.2. The lowest BCUT2D eigenvalue weighted by Crippen LogP contribution is -2.55. The minimum atomic E-state index is -1.21. The fourth-order valence-electron chi connectivity index (χ4n) is 9.81. The normalized spacial score (nSPS) is 23.1. The molecule has 4 aliphatic rings. The first kappa shape index (κ1) is 38.3. The molecule has 1 aromatic carbocycles. The summed E-state index contributed by atoms with van der Waals surface area (Å²) in [6.45, 7) is 11.9. The van der Waals surface area contributed by atoms with Crippen molar-refractivity contribution in [3.05, 3.63) is 77.6 Å². The largest absolute Gasteiger partial charge is 0.462 e. The monoisotopic (exact) mass is 787 g/mol. The van der Waals surface area contributed by atoms with Gasteiger partial charge in [-0.3, -0.25) is 44.1 Å². The SMILES string of the molecule is Cc1nc(C2CCC(=O)NC2=O)ccc1N1CCC(N2CCN(C3CCC(n4cc5cc(NC(=O)c6coc7cccnc67)c(C(C)(C)O)cc5n4)CC3)CC2)CC1. The number of pyridine rings is 2. The number of nitrogens with zero attached hydrogens (tertiary/aromatic N) is 7. The Morgan fingerprint density at radius 2 is 1.62 bits per heavy atom. The lowest BCUT2D eigenvalue weighted by molar-refractivity contribution is -0.134. The Bertz CT molecular complexity index is 2340. The van der Waals surface area contributed by atoms with E-state index in [-0.39, 0.29) is 23.6 Å². The topological polar surface area (TPSA) is 162 Å². The highest BCUT2D eigenvalue weighted by Gasteiger charge is 2.34. The van der Waals surface area contributed by atoms with Gasteiger partial charge in [0.2, 0.25) is 11.8 Å². The fraction of sp³-hybridized carbons (Fsp3) is 0.500. The van der Waals surface area contributed by atoms with Crippen molar-refractivity contribution in [2.75, 3.05) is 49.5 Å². The number of hydrogen-bond acceptors (Lipinski definition) is 11. The molecule has 0 radical (unpaired) electrons. The molecule has 9 rings (SSSR count). The molecule has 1 saturated carbocycles. The van der Waals surface area contributed by atoms with Crippen LogP contribution in [0.5, 0.6) is 0 Å². The highest BCUT2D eigenvalue weighted by atomic mass is 16.3. The van der Waals surface area contributed by atoms with Gasteiger partial charge in [0.15, 0.2) is 5.58 Å². The van der Waals surface area contributed by atoms with Crippen LogP contribution in [-0.2, 0) is 15.2 Å². The van der Waals surface area contributed by atoms with E-state index in [1.165, 1.54) is 6.26 Å². The first-order valence-corrected chi connectivity index (χ1v) is 20.9. The second-order valence-corrected chi connectivity index (χ2v) is 17.2. The van der Waals surface area contributed by atoms with Crippen LogP contribution in [0.15, 0.2) is 59.5 Å². The molecule has 14 heteroatoms. The second kappa shape index (κ2) is 15.5. The Kier molecular flexibility index (Phi) is 10.3. The number of aryl methyl sites for hydroxylation is 1. The van der Waals surface area contributed by atoms with E-state index in [1.807, 2.05) is 25.1 Å². The maximum absolute atomic E-state index is 13.4. The third kappa shape index (κ3) is 7.60. The predicted octanol–water partition coefficient (Wildman–Crippen LogP) is 5.65. The standard InChI is InChI=1S/C44H53N9O5/c1-27-38(12-11-35(46-27)32-10-13-40(54)48-42(32)55)52-17-14-30(15-18-52)51-21-19-50(20-22-51)29-6-8-31(9-7-29)53-25-28-23-37(34(44(2,3)57)24-36(28)49-53)47-43(56)33-26-58-39-5-4-16-45-41(33)39/h4-5,11-12,16,23-26,29-32,57H,6-10,13-15,17-22H2,1-3H3,(H,47,56)(H,48,54,55). The first-order chi connectivity index (χ1) is 28.0. The number of carbonyl (C=O) groups excluding carboxylic acids is 3. The maximum Gasteiger partial charge on any atom is 0.261 e. The number of imide groups is 1. The summed E-state index contributed by atoms with van der Waals surface area (Å²) >= 11 is 0. The predicted molar refractivity (Wildman–Crippen MR) is 221 cm³/mol. The van der Waals surface area contributed by atoms with Gasteiger partial charge < -0.3 is 19.7 Å². The first-order valence-electron chi connectivity index (χ1n) is 20.9. The van der Waals surface area contributed by atoms with Crippen LogP contribution in [-0.4, -0.2) is 104 Å². The summed E-state index contributed by atoms with van der Waals surface area (Å²) < 4.78 is 7.65. The van der Waals surface area contributed by atoms with Crippen LogP contribution in [0.4, 0.5) is 11.4 Å². The molecule has 3 aliphatic heterocycles. The van der Waals surface area contributed by atoms with E-state index in [9.17, 15) is 19.5 Å². The Morgan fingerprint density at radius 3 is 2.31 bits per heavy atom. The number of aliphatic hydroxyl groups is 1. The van der Waals surface area contributed by atoms with Crippen molar-refractivity contribution in [1.29, 1.82) is 0 Å². The van der Waals surface area contributed by atoms with Crippen molar-refractivity contribution in [2.24, 2.45) is 0 Å². The number of benzene rings is 1. The van der Waals surface area contributed by atoms with E-state index >= 15 is 0 Å². The van der Waals surface area contributed by atoms with Gasteiger partial charge in [-0.25, -0.2) is 0 Å². The molecular formula is C44H53N9O5. The fourth-order valence-corrected chi connectivity index (χ4v) is 9.81. The summed E-state index contributed by atoms with van der Waals surface area (Å²) in [4.78, 5) is 54.4. The molecule has 1 atom stereocenters. The molecule has 14 nitrogen and oxygen atoms in total. The summed E-state index contributed by atoms with van der Waals surface area (Å²) in [6, 6.07) is 12.9. The van der Waals surface area contributed by atoms with Crippen LogP contribution in [0.3, 0.4) is 0 Å². The molecule has 0 bridgehead atoms. The van der Waals surface area contributed by atoms with Gasteiger partial charge in [0.05, 0.1) is 40.2 Å². The minimum Gasteiger partial charge on any atom is -0.462 e. The molecule has 4 aromatic heterocycles. The number of piperazine rings is 1. The molecule has 7 heterocycles. The van der Waals surface area contributed by atoms with Gasteiger partial charge in [-0.05, 0) is 102 Å². The smallest absolute Gasteiger partial charge is 0.261 e. The summed E-state index contributed by atoms with van der Waals surface area (Å²) in [7, 11) is 0. The third-order valence-electron chi connectivity index (χ3n) is 13.0. The highest BCUT2D eigenvalue weighted by molar-refractivity contribution is 6.12. The van der Waals surface area contributed by atoms with Crippen LogP contribution < -0.4 is 15.5 Å². The molecule has 3 N–H and O–H groups in total.